The number of hydrogen-bond acceptors (Lipinski definition) is 2. The van der Waals surface area contributed by atoms with Crippen LogP contribution in [0.25, 0.3) is 0 Å². The topological polar surface area (TPSA) is 55.1 Å². The second-order valence-corrected chi connectivity index (χ2v) is 3.72. The van der Waals surface area contributed by atoms with Gasteiger partial charge in [0.1, 0.15) is 0 Å². The van der Waals surface area contributed by atoms with Gasteiger partial charge in [-0.25, -0.2) is 0 Å². The van der Waals surface area contributed by atoms with E-state index in [0.717, 1.165) is 19.5 Å². The Labute approximate surface area is 73.7 Å². The molecule has 1 heterocycles. The highest BCUT2D eigenvalue weighted by molar-refractivity contribution is 5.77. The Hall–Kier alpha value is -0.570. The van der Waals surface area contributed by atoms with Crippen molar-refractivity contribution in [2.45, 2.75) is 20.3 Å². The predicted octanol–water partition coefficient (Wildman–Crippen LogP) is 0.353. The van der Waals surface area contributed by atoms with Gasteiger partial charge in [0.25, 0.3) is 0 Å². The summed E-state index contributed by atoms with van der Waals surface area (Å²) in [5.41, 5.74) is 5.30. The van der Waals surface area contributed by atoms with Crippen LogP contribution in [0.2, 0.25) is 0 Å². The summed E-state index contributed by atoms with van der Waals surface area (Å²) in [6.45, 7) is 6.06. The van der Waals surface area contributed by atoms with Gasteiger partial charge < -0.3 is 11.1 Å². The minimum absolute atomic E-state index is 0.0555. The fourth-order valence-corrected chi connectivity index (χ4v) is 1.91. The van der Waals surface area contributed by atoms with Gasteiger partial charge in [-0.1, -0.05) is 20.3 Å². The van der Waals surface area contributed by atoms with Crippen molar-refractivity contribution in [3.8, 4) is 0 Å². The van der Waals surface area contributed by atoms with Crippen molar-refractivity contribution in [1.82, 2.24) is 5.32 Å². The molecule has 1 rings (SSSR count). The molecular formula is C9H18N2O. The Morgan fingerprint density at radius 1 is 1.67 bits per heavy atom. The third-order valence-electron chi connectivity index (χ3n) is 3.00. The molecule has 1 fully saturated rings. The monoisotopic (exact) mass is 170 g/mol. The van der Waals surface area contributed by atoms with E-state index in [1.165, 1.54) is 0 Å². The quantitative estimate of drug-likeness (QED) is 0.642. The standard InChI is InChI=1S/C9H18N2O/c1-3-6(2)7-4-11-5-8(7)9(10)12/h6-8,11H,3-5H2,1-2H3,(H2,10,12). The molecule has 1 aliphatic rings. The van der Waals surface area contributed by atoms with Crippen LogP contribution in [0.4, 0.5) is 0 Å². The highest BCUT2D eigenvalue weighted by Crippen LogP contribution is 2.26. The summed E-state index contributed by atoms with van der Waals surface area (Å²) in [4.78, 5) is 11.0. The molecule has 0 spiro atoms. The molecule has 0 aliphatic carbocycles. The maximum atomic E-state index is 11.0. The molecule has 0 radical (unpaired) electrons. The Balaban J connectivity index is 2.57. The summed E-state index contributed by atoms with van der Waals surface area (Å²) in [5, 5.41) is 3.22. The third-order valence-corrected chi connectivity index (χ3v) is 3.00. The SMILES string of the molecule is CCC(C)C1CNCC1C(N)=O. The molecule has 0 aromatic rings. The molecule has 0 bridgehead atoms. The first-order valence-electron chi connectivity index (χ1n) is 4.66. The van der Waals surface area contributed by atoms with Crippen molar-refractivity contribution in [2.24, 2.45) is 23.5 Å². The summed E-state index contributed by atoms with van der Waals surface area (Å²) in [7, 11) is 0. The van der Waals surface area contributed by atoms with Gasteiger partial charge in [0.15, 0.2) is 0 Å². The molecule has 3 heteroatoms. The third kappa shape index (κ3) is 1.78. The van der Waals surface area contributed by atoms with Gasteiger partial charge in [-0.3, -0.25) is 4.79 Å². The van der Waals surface area contributed by atoms with Gasteiger partial charge in [0.2, 0.25) is 5.91 Å². The highest BCUT2D eigenvalue weighted by Gasteiger charge is 2.33. The zero-order chi connectivity index (χ0) is 9.14. The van der Waals surface area contributed by atoms with Gasteiger partial charge in [0, 0.05) is 6.54 Å². The van der Waals surface area contributed by atoms with E-state index in [4.69, 9.17) is 5.73 Å². The number of nitrogens with one attached hydrogen (secondary N) is 1. The lowest BCUT2D eigenvalue weighted by Crippen LogP contribution is -2.32. The van der Waals surface area contributed by atoms with Crippen molar-refractivity contribution in [2.75, 3.05) is 13.1 Å². The van der Waals surface area contributed by atoms with E-state index in [2.05, 4.69) is 19.2 Å². The average molecular weight is 170 g/mol. The molecule has 1 amide bonds. The molecule has 3 N–H and O–H groups in total. The molecule has 1 saturated heterocycles. The lowest BCUT2D eigenvalue weighted by Gasteiger charge is -2.21. The number of nitrogens with two attached hydrogens (primary N) is 1. The van der Waals surface area contributed by atoms with Crippen molar-refractivity contribution >= 4 is 5.91 Å². The predicted molar refractivity (Wildman–Crippen MR) is 48.5 cm³/mol. The van der Waals surface area contributed by atoms with Crippen molar-refractivity contribution in [3.63, 3.8) is 0 Å². The fraction of sp³-hybridized carbons (Fsp3) is 0.889. The number of rotatable bonds is 3. The van der Waals surface area contributed by atoms with Crippen LogP contribution in [0.5, 0.6) is 0 Å². The summed E-state index contributed by atoms with van der Waals surface area (Å²) in [5.74, 6) is 0.954. The van der Waals surface area contributed by atoms with Crippen molar-refractivity contribution in [1.29, 1.82) is 0 Å². The Kier molecular flexibility index (Phi) is 3.09. The van der Waals surface area contributed by atoms with Crippen molar-refractivity contribution in [3.05, 3.63) is 0 Å². The van der Waals surface area contributed by atoms with Crippen LogP contribution in [0.1, 0.15) is 20.3 Å². The minimum atomic E-state index is -0.148. The van der Waals surface area contributed by atoms with E-state index >= 15 is 0 Å². The Morgan fingerprint density at radius 3 is 2.83 bits per heavy atom. The maximum Gasteiger partial charge on any atom is 0.222 e. The number of carbonyl (C=O) groups is 1. The van der Waals surface area contributed by atoms with Crippen molar-refractivity contribution < 1.29 is 4.79 Å². The Morgan fingerprint density at radius 2 is 2.33 bits per heavy atom. The summed E-state index contributed by atoms with van der Waals surface area (Å²) < 4.78 is 0. The molecule has 70 valence electrons. The molecule has 0 aromatic heterocycles. The molecule has 0 saturated carbocycles. The first-order chi connectivity index (χ1) is 5.66. The first-order valence-corrected chi connectivity index (χ1v) is 4.66. The van der Waals surface area contributed by atoms with Gasteiger partial charge >= 0.3 is 0 Å². The highest BCUT2D eigenvalue weighted by atomic mass is 16.1. The molecule has 12 heavy (non-hydrogen) atoms. The molecule has 3 nitrogen and oxygen atoms in total. The number of amides is 1. The number of hydrogen-bond donors (Lipinski definition) is 2. The Bertz CT molecular complexity index is 170. The number of primary amides is 1. The zero-order valence-electron chi connectivity index (χ0n) is 7.84. The summed E-state index contributed by atoms with van der Waals surface area (Å²) in [6.07, 6.45) is 1.12. The van der Waals surface area contributed by atoms with Crippen LogP contribution in [-0.2, 0) is 4.79 Å². The van der Waals surface area contributed by atoms with E-state index in [-0.39, 0.29) is 11.8 Å². The van der Waals surface area contributed by atoms with Crippen LogP contribution in [0.3, 0.4) is 0 Å². The average Bonchev–Trinajstić information content (AvgIpc) is 2.50. The van der Waals surface area contributed by atoms with Gasteiger partial charge in [-0.15, -0.1) is 0 Å². The zero-order valence-corrected chi connectivity index (χ0v) is 7.84. The lowest BCUT2D eigenvalue weighted by atomic mass is 9.83. The smallest absolute Gasteiger partial charge is 0.222 e. The molecule has 3 unspecified atom stereocenters. The van der Waals surface area contributed by atoms with Gasteiger partial charge in [-0.05, 0) is 18.4 Å². The molecule has 0 aromatic carbocycles. The fourth-order valence-electron chi connectivity index (χ4n) is 1.91. The number of carbonyl (C=O) groups excluding carboxylic acids is 1. The second-order valence-electron chi connectivity index (χ2n) is 3.72. The van der Waals surface area contributed by atoms with E-state index in [1.54, 1.807) is 0 Å². The largest absolute Gasteiger partial charge is 0.369 e. The molecular weight excluding hydrogens is 152 g/mol. The van der Waals surface area contributed by atoms with Crippen LogP contribution in [0.15, 0.2) is 0 Å². The van der Waals surface area contributed by atoms with Crippen LogP contribution >= 0.6 is 0 Å². The molecule has 3 atom stereocenters. The minimum Gasteiger partial charge on any atom is -0.369 e. The summed E-state index contributed by atoms with van der Waals surface area (Å²) >= 11 is 0. The lowest BCUT2D eigenvalue weighted by molar-refractivity contribution is -0.122. The normalized spacial score (nSPS) is 31.8. The van der Waals surface area contributed by atoms with Gasteiger partial charge in [0.05, 0.1) is 5.92 Å². The van der Waals surface area contributed by atoms with Crippen LogP contribution < -0.4 is 11.1 Å². The van der Waals surface area contributed by atoms with Crippen LogP contribution in [0, 0.1) is 17.8 Å². The van der Waals surface area contributed by atoms with Gasteiger partial charge in [-0.2, -0.15) is 0 Å². The van der Waals surface area contributed by atoms with E-state index in [9.17, 15) is 4.79 Å². The van der Waals surface area contributed by atoms with E-state index < -0.39 is 0 Å². The first kappa shape index (κ1) is 9.52. The van der Waals surface area contributed by atoms with Crippen LogP contribution in [-0.4, -0.2) is 19.0 Å². The maximum absolute atomic E-state index is 11.0. The second kappa shape index (κ2) is 3.90. The molecule has 1 aliphatic heterocycles. The van der Waals surface area contributed by atoms with E-state index in [1.807, 2.05) is 0 Å². The summed E-state index contributed by atoms with van der Waals surface area (Å²) in [6, 6.07) is 0. The van der Waals surface area contributed by atoms with E-state index in [0.29, 0.717) is 11.8 Å².